The lowest BCUT2D eigenvalue weighted by molar-refractivity contribution is -0.123. The predicted molar refractivity (Wildman–Crippen MR) is 93.3 cm³/mol. The number of carbonyl (C=O) groups is 2. The van der Waals surface area contributed by atoms with Gasteiger partial charge in [0.25, 0.3) is 5.91 Å². The van der Waals surface area contributed by atoms with Crippen LogP contribution in [-0.4, -0.2) is 34.7 Å². The molecule has 26 heavy (non-hydrogen) atoms. The van der Waals surface area contributed by atoms with Crippen molar-refractivity contribution in [1.29, 1.82) is 0 Å². The Morgan fingerprint density at radius 2 is 1.92 bits per heavy atom. The van der Waals surface area contributed by atoms with E-state index in [1.807, 2.05) is 18.2 Å². The average Bonchev–Trinajstić information content (AvgIpc) is 3.25. The van der Waals surface area contributed by atoms with Crippen LogP contribution in [0.3, 0.4) is 0 Å². The Bertz CT molecular complexity index is 804. The van der Waals surface area contributed by atoms with Crippen molar-refractivity contribution in [2.75, 3.05) is 6.54 Å². The molecule has 2 aromatic rings. The summed E-state index contributed by atoms with van der Waals surface area (Å²) in [6, 6.07) is 10.5. The molecule has 2 N–H and O–H groups in total. The molecule has 0 unspecified atom stereocenters. The zero-order valence-electron chi connectivity index (χ0n) is 14.6. The maximum Gasteiger partial charge on any atom is 0.275 e. The molecule has 0 spiro atoms. The summed E-state index contributed by atoms with van der Waals surface area (Å²) in [5.74, 6) is 0.933. The Hall–Kier alpha value is -2.70. The monoisotopic (exact) mass is 354 g/mol. The van der Waals surface area contributed by atoms with Gasteiger partial charge in [-0.05, 0) is 42.3 Å². The van der Waals surface area contributed by atoms with E-state index in [1.54, 1.807) is 6.92 Å². The SMILES string of the molecule is Cc1nonc1C(=O)NCC(=O)N[C@@H]1[C@@H]2CCC[C@@H]2[C@H]1c1ccccc1. The minimum Gasteiger partial charge on any atom is -0.351 e. The Labute approximate surface area is 151 Å². The zero-order chi connectivity index (χ0) is 18.1. The summed E-state index contributed by atoms with van der Waals surface area (Å²) < 4.78 is 4.51. The molecule has 2 aliphatic rings. The minimum absolute atomic E-state index is 0.0828. The van der Waals surface area contributed by atoms with Crippen LogP contribution >= 0.6 is 0 Å². The number of benzene rings is 1. The van der Waals surface area contributed by atoms with E-state index in [0.717, 1.165) is 6.42 Å². The van der Waals surface area contributed by atoms with Crippen molar-refractivity contribution in [2.24, 2.45) is 11.8 Å². The maximum absolute atomic E-state index is 12.4. The Balaban J connectivity index is 1.37. The van der Waals surface area contributed by atoms with E-state index in [4.69, 9.17) is 0 Å². The first-order valence-electron chi connectivity index (χ1n) is 9.07. The number of rotatable bonds is 5. The predicted octanol–water partition coefficient (Wildman–Crippen LogP) is 1.81. The molecule has 1 aromatic heterocycles. The molecular weight excluding hydrogens is 332 g/mol. The van der Waals surface area contributed by atoms with E-state index in [2.05, 4.69) is 37.7 Å². The highest BCUT2D eigenvalue weighted by molar-refractivity contribution is 5.95. The lowest BCUT2D eigenvalue weighted by atomic mass is 9.60. The topological polar surface area (TPSA) is 97.1 Å². The van der Waals surface area contributed by atoms with E-state index in [0.29, 0.717) is 23.4 Å². The number of amides is 2. The first kappa shape index (κ1) is 16.8. The molecule has 4 rings (SSSR count). The van der Waals surface area contributed by atoms with Crippen LogP contribution in [-0.2, 0) is 4.79 Å². The highest BCUT2D eigenvalue weighted by Gasteiger charge is 2.53. The van der Waals surface area contributed by atoms with Gasteiger partial charge in [0, 0.05) is 12.0 Å². The van der Waals surface area contributed by atoms with E-state index < -0.39 is 5.91 Å². The van der Waals surface area contributed by atoms with Crippen LogP contribution in [0.2, 0.25) is 0 Å². The van der Waals surface area contributed by atoms with Gasteiger partial charge in [0.2, 0.25) is 5.91 Å². The maximum atomic E-state index is 12.4. The van der Waals surface area contributed by atoms with Gasteiger partial charge in [-0.1, -0.05) is 41.9 Å². The second-order valence-corrected chi connectivity index (χ2v) is 7.17. The fourth-order valence-corrected chi connectivity index (χ4v) is 4.54. The summed E-state index contributed by atoms with van der Waals surface area (Å²) in [5.41, 5.74) is 1.80. The zero-order valence-corrected chi connectivity index (χ0v) is 14.6. The van der Waals surface area contributed by atoms with Crippen LogP contribution in [0.4, 0.5) is 0 Å². The van der Waals surface area contributed by atoms with Gasteiger partial charge < -0.3 is 10.6 Å². The highest BCUT2D eigenvalue weighted by Crippen LogP contribution is 2.55. The van der Waals surface area contributed by atoms with Gasteiger partial charge in [-0.2, -0.15) is 0 Å². The lowest BCUT2D eigenvalue weighted by Crippen LogP contribution is -2.57. The summed E-state index contributed by atoms with van der Waals surface area (Å²) in [6.45, 7) is 1.55. The van der Waals surface area contributed by atoms with E-state index in [1.165, 1.54) is 18.4 Å². The van der Waals surface area contributed by atoms with Crippen molar-refractivity contribution in [1.82, 2.24) is 20.9 Å². The third-order valence-electron chi connectivity index (χ3n) is 5.72. The number of nitrogens with zero attached hydrogens (tertiary/aromatic N) is 2. The van der Waals surface area contributed by atoms with Gasteiger partial charge in [0.05, 0.1) is 6.54 Å². The first-order valence-corrected chi connectivity index (χ1v) is 9.07. The summed E-state index contributed by atoms with van der Waals surface area (Å²) in [6.07, 6.45) is 3.61. The minimum atomic E-state index is -0.453. The summed E-state index contributed by atoms with van der Waals surface area (Å²) in [7, 11) is 0. The molecule has 2 aliphatic carbocycles. The van der Waals surface area contributed by atoms with Crippen LogP contribution in [0.15, 0.2) is 35.0 Å². The van der Waals surface area contributed by atoms with Crippen molar-refractivity contribution in [3.8, 4) is 0 Å². The molecule has 136 valence electrons. The Kier molecular flexibility index (Phi) is 4.44. The molecule has 2 fully saturated rings. The van der Waals surface area contributed by atoms with E-state index in [-0.39, 0.29) is 24.2 Å². The van der Waals surface area contributed by atoms with Crippen molar-refractivity contribution >= 4 is 11.8 Å². The van der Waals surface area contributed by atoms with Crippen molar-refractivity contribution < 1.29 is 14.2 Å². The number of carbonyl (C=O) groups excluding carboxylic acids is 2. The molecule has 0 radical (unpaired) electrons. The standard InChI is InChI=1S/C19H22N4O3/c1-11-17(23-26-22-11)19(25)20-10-15(24)21-18-14-9-5-8-13(14)16(18)12-6-3-2-4-7-12/h2-4,6-7,13-14,16,18H,5,8-10H2,1H3,(H,20,25)(H,21,24)/t13-,14+,16+,18+/m0/s1. The molecule has 4 atom stereocenters. The summed E-state index contributed by atoms with van der Waals surface area (Å²) in [4.78, 5) is 24.4. The number of fused-ring (bicyclic) bond motifs is 1. The molecule has 7 nitrogen and oxygen atoms in total. The first-order chi connectivity index (χ1) is 12.6. The van der Waals surface area contributed by atoms with E-state index in [9.17, 15) is 9.59 Å². The number of hydrogen-bond donors (Lipinski definition) is 2. The molecule has 2 amide bonds. The van der Waals surface area contributed by atoms with Crippen molar-refractivity contribution in [3.63, 3.8) is 0 Å². The molecule has 1 heterocycles. The number of nitrogens with one attached hydrogen (secondary N) is 2. The van der Waals surface area contributed by atoms with Gasteiger partial charge in [0.15, 0.2) is 5.69 Å². The molecule has 0 aliphatic heterocycles. The second-order valence-electron chi connectivity index (χ2n) is 7.17. The van der Waals surface area contributed by atoms with Crippen LogP contribution in [0.25, 0.3) is 0 Å². The third kappa shape index (κ3) is 2.98. The van der Waals surface area contributed by atoms with Crippen molar-refractivity contribution in [3.05, 3.63) is 47.3 Å². The summed E-state index contributed by atoms with van der Waals surface area (Å²) in [5, 5.41) is 12.8. The average molecular weight is 354 g/mol. The normalized spacial score (nSPS) is 26.7. The number of aromatic nitrogens is 2. The second kappa shape index (κ2) is 6.90. The summed E-state index contributed by atoms with van der Waals surface area (Å²) >= 11 is 0. The Morgan fingerprint density at radius 3 is 2.65 bits per heavy atom. The van der Waals surface area contributed by atoms with Crippen LogP contribution in [0, 0.1) is 18.8 Å². The molecule has 0 bridgehead atoms. The smallest absolute Gasteiger partial charge is 0.275 e. The molecule has 1 aromatic carbocycles. The van der Waals surface area contributed by atoms with Gasteiger partial charge in [-0.15, -0.1) is 0 Å². The highest BCUT2D eigenvalue weighted by atomic mass is 16.6. The van der Waals surface area contributed by atoms with E-state index >= 15 is 0 Å². The van der Waals surface area contributed by atoms with Gasteiger partial charge in [-0.25, -0.2) is 4.63 Å². The van der Waals surface area contributed by atoms with Crippen LogP contribution in [0.1, 0.15) is 46.9 Å². The van der Waals surface area contributed by atoms with Gasteiger partial charge in [-0.3, -0.25) is 9.59 Å². The third-order valence-corrected chi connectivity index (χ3v) is 5.72. The fourth-order valence-electron chi connectivity index (χ4n) is 4.54. The number of hydrogen-bond acceptors (Lipinski definition) is 5. The Morgan fingerprint density at radius 1 is 1.15 bits per heavy atom. The van der Waals surface area contributed by atoms with Crippen LogP contribution < -0.4 is 10.6 Å². The molecule has 0 saturated heterocycles. The lowest BCUT2D eigenvalue weighted by Gasteiger charge is -2.49. The van der Waals surface area contributed by atoms with Gasteiger partial charge in [0.1, 0.15) is 5.69 Å². The quantitative estimate of drug-likeness (QED) is 0.853. The molecular formula is C19H22N4O3. The van der Waals surface area contributed by atoms with Crippen molar-refractivity contribution in [2.45, 2.75) is 38.1 Å². The number of aryl methyl sites for hydroxylation is 1. The largest absolute Gasteiger partial charge is 0.351 e. The molecule has 7 heteroatoms. The van der Waals surface area contributed by atoms with Gasteiger partial charge >= 0.3 is 0 Å². The van der Waals surface area contributed by atoms with Crippen LogP contribution in [0.5, 0.6) is 0 Å². The molecule has 2 saturated carbocycles. The fraction of sp³-hybridized carbons (Fsp3) is 0.474.